The van der Waals surface area contributed by atoms with Gasteiger partial charge in [0.1, 0.15) is 0 Å². The summed E-state index contributed by atoms with van der Waals surface area (Å²) in [6.45, 7) is 3.68. The Morgan fingerprint density at radius 2 is 1.84 bits per heavy atom. The molecule has 2 aromatic rings. The minimum atomic E-state index is 0.707. The number of nitrogens with zero attached hydrogens (tertiary/aromatic N) is 1. The molecule has 3 heteroatoms. The van der Waals surface area contributed by atoms with Crippen LogP contribution in [0.2, 0.25) is 0 Å². The second-order valence-electron chi connectivity index (χ2n) is 4.50. The molecule has 0 aliphatic rings. The number of hydrogen-bond donors (Lipinski definition) is 1. The summed E-state index contributed by atoms with van der Waals surface area (Å²) in [4.78, 5) is 0. The molecule has 0 unspecified atom stereocenters. The van der Waals surface area contributed by atoms with Crippen LogP contribution < -0.4 is 5.32 Å². The zero-order valence-corrected chi connectivity index (χ0v) is 12.4. The maximum Gasteiger partial charge on any atom is 0.0991 e. The van der Waals surface area contributed by atoms with Gasteiger partial charge in [0.2, 0.25) is 0 Å². The van der Waals surface area contributed by atoms with E-state index in [0.717, 1.165) is 23.1 Å². The second-order valence-corrected chi connectivity index (χ2v) is 5.35. The molecule has 0 spiro atoms. The van der Waals surface area contributed by atoms with Crippen LogP contribution in [-0.4, -0.2) is 0 Å². The summed E-state index contributed by atoms with van der Waals surface area (Å²) in [6.07, 6.45) is 0. The molecular formula is C16H15BrN2. The molecule has 0 aliphatic carbocycles. The van der Waals surface area contributed by atoms with Gasteiger partial charge in [-0.1, -0.05) is 40.2 Å². The number of hydrogen-bond acceptors (Lipinski definition) is 2. The van der Waals surface area contributed by atoms with Gasteiger partial charge in [0.05, 0.1) is 11.6 Å². The molecule has 0 aliphatic heterocycles. The van der Waals surface area contributed by atoms with Gasteiger partial charge in [-0.25, -0.2) is 0 Å². The zero-order chi connectivity index (χ0) is 13.7. The Morgan fingerprint density at radius 1 is 1.11 bits per heavy atom. The van der Waals surface area contributed by atoms with Crippen molar-refractivity contribution in [3.8, 4) is 6.07 Å². The van der Waals surface area contributed by atoms with Crippen LogP contribution in [-0.2, 0) is 13.1 Å². The summed E-state index contributed by atoms with van der Waals surface area (Å²) >= 11 is 3.50. The molecule has 0 heterocycles. The van der Waals surface area contributed by atoms with Gasteiger partial charge in [-0.05, 0) is 41.8 Å². The molecule has 0 saturated heterocycles. The Labute approximate surface area is 122 Å². The molecule has 2 nitrogen and oxygen atoms in total. The third kappa shape index (κ3) is 3.92. The van der Waals surface area contributed by atoms with Crippen molar-refractivity contribution in [1.82, 2.24) is 5.32 Å². The third-order valence-electron chi connectivity index (χ3n) is 2.94. The molecule has 0 radical (unpaired) electrons. The predicted octanol–water partition coefficient (Wildman–Crippen LogP) is 3.92. The van der Waals surface area contributed by atoms with E-state index in [2.05, 4.69) is 52.4 Å². The Bertz CT molecular complexity index is 614. The molecule has 0 fully saturated rings. The first kappa shape index (κ1) is 13.8. The lowest BCUT2D eigenvalue weighted by atomic mass is 10.1. The zero-order valence-electron chi connectivity index (χ0n) is 10.8. The van der Waals surface area contributed by atoms with Crippen molar-refractivity contribution < 1.29 is 0 Å². The van der Waals surface area contributed by atoms with Crippen LogP contribution in [0, 0.1) is 18.3 Å². The van der Waals surface area contributed by atoms with Crippen LogP contribution in [0.5, 0.6) is 0 Å². The van der Waals surface area contributed by atoms with Crippen LogP contribution in [0.1, 0.15) is 22.3 Å². The highest BCUT2D eigenvalue weighted by Crippen LogP contribution is 2.17. The summed E-state index contributed by atoms with van der Waals surface area (Å²) in [5.41, 5.74) is 4.34. The van der Waals surface area contributed by atoms with E-state index in [4.69, 9.17) is 5.26 Å². The molecule has 0 amide bonds. The topological polar surface area (TPSA) is 35.8 Å². The largest absolute Gasteiger partial charge is 0.309 e. The average Bonchev–Trinajstić information content (AvgIpc) is 2.43. The quantitative estimate of drug-likeness (QED) is 0.928. The smallest absolute Gasteiger partial charge is 0.0991 e. The van der Waals surface area contributed by atoms with E-state index in [1.165, 1.54) is 11.1 Å². The van der Waals surface area contributed by atoms with Gasteiger partial charge < -0.3 is 5.32 Å². The monoisotopic (exact) mass is 314 g/mol. The maximum absolute atomic E-state index is 8.85. The van der Waals surface area contributed by atoms with Gasteiger partial charge in [-0.2, -0.15) is 5.26 Å². The fourth-order valence-corrected chi connectivity index (χ4v) is 2.17. The number of nitriles is 1. The lowest BCUT2D eigenvalue weighted by Crippen LogP contribution is -2.12. The third-order valence-corrected chi connectivity index (χ3v) is 3.83. The van der Waals surface area contributed by atoms with Gasteiger partial charge in [0, 0.05) is 17.6 Å². The summed E-state index contributed by atoms with van der Waals surface area (Å²) in [5, 5.41) is 12.2. The fourth-order valence-electron chi connectivity index (χ4n) is 1.92. The molecule has 0 atom stereocenters. The van der Waals surface area contributed by atoms with E-state index in [-0.39, 0.29) is 0 Å². The lowest BCUT2D eigenvalue weighted by Gasteiger charge is -2.07. The molecule has 0 saturated carbocycles. The second kappa shape index (κ2) is 6.51. The van der Waals surface area contributed by atoms with E-state index in [9.17, 15) is 0 Å². The van der Waals surface area contributed by atoms with Crippen molar-refractivity contribution in [2.24, 2.45) is 0 Å². The number of rotatable bonds is 4. The van der Waals surface area contributed by atoms with Gasteiger partial charge in [-0.3, -0.25) is 0 Å². The van der Waals surface area contributed by atoms with E-state index < -0.39 is 0 Å². The first-order valence-corrected chi connectivity index (χ1v) is 6.93. The van der Waals surface area contributed by atoms with Gasteiger partial charge in [0.25, 0.3) is 0 Å². The standard InChI is InChI=1S/C16H15BrN2/c1-12-7-15(5-6-16(12)17)11-19-10-14-4-2-3-13(8-14)9-18/h2-8,19H,10-11H2,1H3. The van der Waals surface area contributed by atoms with Crippen molar-refractivity contribution >= 4 is 15.9 Å². The highest BCUT2D eigenvalue weighted by molar-refractivity contribution is 9.10. The molecule has 96 valence electrons. The average molecular weight is 315 g/mol. The minimum Gasteiger partial charge on any atom is -0.309 e. The van der Waals surface area contributed by atoms with Gasteiger partial charge in [0.15, 0.2) is 0 Å². The molecular weight excluding hydrogens is 300 g/mol. The van der Waals surface area contributed by atoms with Crippen molar-refractivity contribution in [3.05, 3.63) is 69.2 Å². The maximum atomic E-state index is 8.85. The summed E-state index contributed by atoms with van der Waals surface area (Å²) in [5.74, 6) is 0. The summed E-state index contributed by atoms with van der Waals surface area (Å²) in [6, 6.07) is 16.2. The number of aryl methyl sites for hydroxylation is 1. The van der Waals surface area contributed by atoms with Crippen LogP contribution in [0.4, 0.5) is 0 Å². The lowest BCUT2D eigenvalue weighted by molar-refractivity contribution is 0.693. The summed E-state index contributed by atoms with van der Waals surface area (Å²) in [7, 11) is 0. The molecule has 1 N–H and O–H groups in total. The van der Waals surface area contributed by atoms with Gasteiger partial charge >= 0.3 is 0 Å². The van der Waals surface area contributed by atoms with E-state index in [0.29, 0.717) is 5.56 Å². The fraction of sp³-hybridized carbons (Fsp3) is 0.188. The molecule has 0 bridgehead atoms. The number of benzene rings is 2. The van der Waals surface area contributed by atoms with Crippen LogP contribution in [0.25, 0.3) is 0 Å². The summed E-state index contributed by atoms with van der Waals surface area (Å²) < 4.78 is 1.14. The van der Waals surface area contributed by atoms with Crippen molar-refractivity contribution in [2.45, 2.75) is 20.0 Å². The van der Waals surface area contributed by atoms with Crippen molar-refractivity contribution in [1.29, 1.82) is 5.26 Å². The van der Waals surface area contributed by atoms with E-state index in [1.807, 2.05) is 24.3 Å². The van der Waals surface area contributed by atoms with Crippen LogP contribution in [0.3, 0.4) is 0 Å². The number of nitrogens with one attached hydrogen (secondary N) is 1. The molecule has 19 heavy (non-hydrogen) atoms. The van der Waals surface area contributed by atoms with Crippen LogP contribution in [0.15, 0.2) is 46.9 Å². The Balaban J connectivity index is 1.92. The van der Waals surface area contributed by atoms with Crippen LogP contribution >= 0.6 is 15.9 Å². The van der Waals surface area contributed by atoms with Crippen molar-refractivity contribution in [3.63, 3.8) is 0 Å². The molecule has 2 rings (SSSR count). The first-order valence-electron chi connectivity index (χ1n) is 6.14. The highest BCUT2D eigenvalue weighted by atomic mass is 79.9. The molecule has 0 aromatic heterocycles. The Hall–Kier alpha value is -1.63. The normalized spacial score (nSPS) is 10.2. The highest BCUT2D eigenvalue weighted by Gasteiger charge is 1.98. The Morgan fingerprint density at radius 3 is 2.53 bits per heavy atom. The first-order chi connectivity index (χ1) is 9.19. The van der Waals surface area contributed by atoms with Gasteiger partial charge in [-0.15, -0.1) is 0 Å². The minimum absolute atomic E-state index is 0.707. The van der Waals surface area contributed by atoms with Crippen molar-refractivity contribution in [2.75, 3.05) is 0 Å². The predicted molar refractivity (Wildman–Crippen MR) is 80.6 cm³/mol. The molecule has 2 aromatic carbocycles. The number of halogens is 1. The van der Waals surface area contributed by atoms with E-state index >= 15 is 0 Å². The SMILES string of the molecule is Cc1cc(CNCc2cccc(C#N)c2)ccc1Br. The Kier molecular flexibility index (Phi) is 4.73. The van der Waals surface area contributed by atoms with E-state index in [1.54, 1.807) is 0 Å².